The molecule has 0 amide bonds. The number of fused-ring (bicyclic) bond motifs is 7. The van der Waals surface area contributed by atoms with E-state index in [2.05, 4.69) is 231 Å². The van der Waals surface area contributed by atoms with Gasteiger partial charge in [0.15, 0.2) is 0 Å². The van der Waals surface area contributed by atoms with Gasteiger partial charge in [-0.15, -0.1) is 0 Å². The van der Waals surface area contributed by atoms with Crippen LogP contribution in [0.2, 0.25) is 0 Å². The van der Waals surface area contributed by atoms with Gasteiger partial charge in [0.05, 0.1) is 30.6 Å². The number of hydrogen-bond donors (Lipinski definition) is 0. The van der Waals surface area contributed by atoms with Gasteiger partial charge in [0.1, 0.15) is 0 Å². The number of rotatable bonds is 9. The van der Waals surface area contributed by atoms with Gasteiger partial charge in [0, 0.05) is 61.5 Å². The molecule has 14 aromatic rings. The molecule has 98 heavy (non-hydrogen) atoms. The van der Waals surface area contributed by atoms with Crippen molar-refractivity contribution in [3.8, 4) is 72.4 Å². The molecule has 2 aliphatic rings. The third-order valence-electron chi connectivity index (χ3n) is 20.3. The molecule has 13 aromatic carbocycles. The molecule has 1 aromatic heterocycles. The summed E-state index contributed by atoms with van der Waals surface area (Å²) in [5.74, 6) is 0. The zero-order valence-electron chi connectivity index (χ0n) is 64.2. The molecule has 0 unspecified atom stereocenters. The van der Waals surface area contributed by atoms with E-state index >= 15 is 0 Å². The van der Waals surface area contributed by atoms with Crippen molar-refractivity contribution in [2.24, 2.45) is 0 Å². The van der Waals surface area contributed by atoms with E-state index in [9.17, 15) is 8.22 Å². The number of nitrogens with zero attached hydrogens (tertiary/aromatic N) is 3. The summed E-state index contributed by atoms with van der Waals surface area (Å²) in [6.07, 6.45) is 0. The first-order valence-electron chi connectivity index (χ1n) is 37.5. The van der Waals surface area contributed by atoms with Gasteiger partial charge in [-0.25, -0.2) is 0 Å². The summed E-state index contributed by atoms with van der Waals surface area (Å²) in [5.41, 5.74) is 23.2. The summed E-state index contributed by atoms with van der Waals surface area (Å²) in [6, 6.07) is 89.3. The molecule has 0 bridgehead atoms. The summed E-state index contributed by atoms with van der Waals surface area (Å²) in [7, 11) is 0. The Labute approximate surface area is 588 Å². The summed E-state index contributed by atoms with van der Waals surface area (Å²) in [5, 5.41) is 2.25. The highest BCUT2D eigenvalue weighted by Gasteiger charge is 2.46. The molecule has 2 aliphatic heterocycles. The first kappa shape index (κ1) is 55.5. The zero-order chi connectivity index (χ0) is 72.8. The van der Waals surface area contributed by atoms with Gasteiger partial charge in [0.2, 0.25) is 0 Å². The Morgan fingerprint density at radius 2 is 0.735 bits per heavy atom. The number of anilines is 6. The largest absolute Gasteiger partial charge is 0.310 e. The molecule has 0 fully saturated rings. The van der Waals surface area contributed by atoms with Gasteiger partial charge in [-0.05, 0) is 147 Å². The second-order valence-corrected chi connectivity index (χ2v) is 30.9. The Kier molecular flexibility index (Phi) is 13.3. The van der Waals surface area contributed by atoms with Gasteiger partial charge in [-0.1, -0.05) is 332 Å². The average Bonchev–Trinajstić information content (AvgIpc) is 0.753. The molecule has 0 saturated carbocycles. The second-order valence-electron chi connectivity index (χ2n) is 30.9. The fourth-order valence-corrected chi connectivity index (χ4v) is 15.2. The van der Waals surface area contributed by atoms with Crippen molar-refractivity contribution in [1.82, 2.24) is 4.57 Å². The first-order valence-corrected chi connectivity index (χ1v) is 34.5. The molecular weight excluding hydrogens is 1180 g/mol. The highest BCUT2D eigenvalue weighted by Crippen LogP contribution is 2.55. The lowest BCUT2D eigenvalue weighted by Gasteiger charge is -2.46. The average molecular weight is 1270 g/mol. The van der Waals surface area contributed by atoms with Crippen LogP contribution in [0, 0.1) is 0 Å². The Morgan fingerprint density at radius 1 is 0.296 bits per heavy atom. The van der Waals surface area contributed by atoms with Crippen molar-refractivity contribution in [1.29, 1.82) is 0 Å². The fraction of sp³-hybridized carbons (Fsp3) is 0.170. The number of aromatic nitrogens is 1. The molecule has 0 aliphatic carbocycles. The highest BCUT2D eigenvalue weighted by molar-refractivity contribution is 7.00. The summed E-state index contributed by atoms with van der Waals surface area (Å²) in [4.78, 5) is 4.70. The van der Waals surface area contributed by atoms with Gasteiger partial charge in [0.25, 0.3) is 6.71 Å². The predicted molar refractivity (Wildman–Crippen MR) is 422 cm³/mol. The molecule has 0 radical (unpaired) electrons. The lowest BCUT2D eigenvalue weighted by atomic mass is 9.33. The first-order chi connectivity index (χ1) is 49.7. The van der Waals surface area contributed by atoms with Gasteiger partial charge >= 0.3 is 0 Å². The van der Waals surface area contributed by atoms with Crippen molar-refractivity contribution in [2.75, 3.05) is 9.80 Å². The molecule has 0 N–H and O–H groups in total. The maximum absolute atomic E-state index is 10.5. The van der Waals surface area contributed by atoms with Crippen LogP contribution in [-0.4, -0.2) is 11.3 Å². The Bertz CT molecular complexity index is 5580. The quantitative estimate of drug-likeness (QED) is 0.133. The van der Waals surface area contributed by atoms with Crippen LogP contribution in [-0.2, 0) is 21.7 Å². The predicted octanol–water partition coefficient (Wildman–Crippen LogP) is 24.1. The normalized spacial score (nSPS) is 13.9. The van der Waals surface area contributed by atoms with Crippen LogP contribution in [0.5, 0.6) is 0 Å². The van der Waals surface area contributed by atoms with E-state index in [-0.39, 0.29) is 57.9 Å². The number of benzene rings is 13. The Balaban J connectivity index is 1.16. The molecule has 16 rings (SSSR count). The highest BCUT2D eigenvalue weighted by atomic mass is 15.2. The molecule has 3 nitrogen and oxygen atoms in total. The van der Waals surface area contributed by atoms with Crippen molar-refractivity contribution in [3.63, 3.8) is 0 Å². The van der Waals surface area contributed by atoms with Crippen LogP contribution >= 0.6 is 0 Å². The Hall–Kier alpha value is -10.7. The van der Waals surface area contributed by atoms with Crippen LogP contribution in [0.1, 0.15) is 114 Å². The van der Waals surface area contributed by atoms with Crippen molar-refractivity contribution in [3.05, 3.63) is 313 Å². The maximum Gasteiger partial charge on any atom is 0.252 e. The van der Waals surface area contributed by atoms with Gasteiger partial charge in [-0.3, -0.25) is 0 Å². The molecular formula is C94H84BN3. The van der Waals surface area contributed by atoms with Crippen LogP contribution in [0.25, 0.3) is 94.3 Å². The standard InChI is InChI=1S/C94H84BN3/c1-91(2,3)68-48-50-72(79(59-68)94(10,11)12)67-56-86-88-87(57-67)98(90-75(63-35-21-15-22-36-63)43-30-44-76(90)64-37-23-16-24-38-64)85-60-71(96-82-45-27-25-39-77(82)78-40-26-28-46-83(78)96)49-51-80(85)95(88)81-55-65(66-53-69(92(4,5)6)58-70(54-66)93(7,8)9)47-52-84(81)97(86)89-73(61-31-17-13-18-32-61)41-29-42-74(89)62-33-19-14-20-34-62/h13-60H,1-12H3/i29D,30D,41D,42D,43D,44D. The van der Waals surface area contributed by atoms with E-state index in [1.807, 2.05) is 121 Å². The van der Waals surface area contributed by atoms with Gasteiger partial charge < -0.3 is 14.4 Å². The minimum absolute atomic E-state index is 0.0614. The van der Waals surface area contributed by atoms with Crippen LogP contribution in [0.4, 0.5) is 34.1 Å². The molecule has 478 valence electrons. The fourth-order valence-electron chi connectivity index (χ4n) is 15.2. The van der Waals surface area contributed by atoms with Gasteiger partial charge in [-0.2, -0.15) is 0 Å². The minimum Gasteiger partial charge on any atom is -0.310 e. The van der Waals surface area contributed by atoms with Crippen molar-refractivity contribution in [2.45, 2.75) is 105 Å². The van der Waals surface area contributed by atoms with E-state index in [1.54, 1.807) is 0 Å². The maximum atomic E-state index is 10.5. The van der Waals surface area contributed by atoms with E-state index in [0.717, 1.165) is 117 Å². The van der Waals surface area contributed by atoms with Crippen LogP contribution in [0.15, 0.2) is 291 Å². The number of para-hydroxylation sites is 4. The van der Waals surface area contributed by atoms with Crippen molar-refractivity contribution < 1.29 is 8.22 Å². The van der Waals surface area contributed by atoms with E-state index in [0.29, 0.717) is 33.6 Å². The van der Waals surface area contributed by atoms with E-state index < -0.39 is 6.71 Å². The molecule has 0 spiro atoms. The lowest BCUT2D eigenvalue weighted by molar-refractivity contribution is 0.568. The summed E-state index contributed by atoms with van der Waals surface area (Å²) >= 11 is 0. The molecule has 0 atom stereocenters. The smallest absolute Gasteiger partial charge is 0.252 e. The zero-order valence-corrected chi connectivity index (χ0v) is 58.2. The third-order valence-corrected chi connectivity index (χ3v) is 20.3. The SMILES string of the molecule is [2H]c1c([2H])c(-c2ccccc2)c(N2c3ccc(-c4cc(C(C)(C)C)cc(C(C)(C)C)c4)cc3B3c4ccc(-n5c6ccccc6c6ccccc65)cc4N(c4c(-c5ccccc5)c([2H])c([2H])c([2H])c4-c4ccccc4)c4cc(-c5ccc(C(C)(C)C)cc5C(C)(C)C)cc2c43)c(-c2ccccc2)c1[2H]. The summed E-state index contributed by atoms with van der Waals surface area (Å²) in [6.45, 7) is 26.8. The van der Waals surface area contributed by atoms with Crippen LogP contribution < -0.4 is 26.2 Å². The monoisotopic (exact) mass is 1270 g/mol. The van der Waals surface area contributed by atoms with E-state index in [1.165, 1.54) is 16.7 Å². The third kappa shape index (κ3) is 10.7. The minimum atomic E-state index is -0.527. The van der Waals surface area contributed by atoms with Crippen LogP contribution in [0.3, 0.4) is 0 Å². The summed E-state index contributed by atoms with van der Waals surface area (Å²) < 4.78 is 64.1. The van der Waals surface area contributed by atoms with E-state index in [4.69, 9.17) is 0 Å². The van der Waals surface area contributed by atoms with Crippen molar-refractivity contribution >= 4 is 79.0 Å². The molecule has 3 heterocycles. The second kappa shape index (κ2) is 23.6. The Morgan fingerprint density at radius 3 is 1.18 bits per heavy atom. The molecule has 0 saturated heterocycles. The topological polar surface area (TPSA) is 11.4 Å². The number of hydrogen-bond acceptors (Lipinski definition) is 2. The molecule has 4 heteroatoms. The lowest BCUT2D eigenvalue weighted by Crippen LogP contribution is -2.61.